The van der Waals surface area contributed by atoms with E-state index >= 15 is 0 Å². The van der Waals surface area contributed by atoms with Gasteiger partial charge in [0.2, 0.25) is 0 Å². The molecule has 28 heavy (non-hydrogen) atoms. The smallest absolute Gasteiger partial charge is 0.266 e. The number of benzene rings is 2. The second kappa shape index (κ2) is 10.6. The van der Waals surface area contributed by atoms with Gasteiger partial charge in [-0.1, -0.05) is 36.2 Å². The number of carbonyl (C=O) groups excluding carboxylic acids is 1. The molecule has 0 atom stereocenters. The van der Waals surface area contributed by atoms with Crippen molar-refractivity contribution in [2.45, 2.75) is 20.3 Å². The van der Waals surface area contributed by atoms with Crippen LogP contribution in [-0.2, 0) is 4.79 Å². The standard InChI is InChI=1S/C21H20Cl2N2O3/c1-3-8-28-20-18(23)10-14(11-19(20)27-4-2)9-15(13-24)21(26)25-17-7-5-6-16(22)12-17/h5-7,9-12H,3-4,8H2,1-2H3,(H,25,26)/b15-9+. The Kier molecular flexibility index (Phi) is 8.19. The number of amides is 1. The van der Waals surface area contributed by atoms with Gasteiger partial charge in [-0.3, -0.25) is 4.79 Å². The van der Waals surface area contributed by atoms with E-state index in [1.807, 2.05) is 19.9 Å². The summed E-state index contributed by atoms with van der Waals surface area (Å²) in [6.07, 6.45) is 2.27. The van der Waals surface area contributed by atoms with Gasteiger partial charge in [0.15, 0.2) is 11.5 Å². The Balaban J connectivity index is 2.32. The molecule has 0 aliphatic rings. The molecule has 0 unspecified atom stereocenters. The first kappa shape index (κ1) is 21.6. The predicted octanol–water partition coefficient (Wildman–Crippen LogP) is 5.73. The molecule has 0 saturated carbocycles. The molecule has 1 amide bonds. The lowest BCUT2D eigenvalue weighted by atomic mass is 10.1. The van der Waals surface area contributed by atoms with E-state index in [-0.39, 0.29) is 5.57 Å². The lowest BCUT2D eigenvalue weighted by Gasteiger charge is -2.14. The van der Waals surface area contributed by atoms with E-state index in [0.717, 1.165) is 6.42 Å². The molecule has 2 aromatic carbocycles. The molecule has 0 aliphatic carbocycles. The minimum atomic E-state index is -0.551. The van der Waals surface area contributed by atoms with Gasteiger partial charge in [-0.25, -0.2) is 0 Å². The number of halogens is 2. The Labute approximate surface area is 174 Å². The van der Waals surface area contributed by atoms with Crippen LogP contribution in [0.5, 0.6) is 11.5 Å². The SMILES string of the molecule is CCCOc1c(Cl)cc(/C=C(\C#N)C(=O)Nc2cccc(Cl)c2)cc1OCC. The monoisotopic (exact) mass is 418 g/mol. The number of nitriles is 1. The molecule has 0 spiro atoms. The average Bonchev–Trinajstić information content (AvgIpc) is 2.65. The van der Waals surface area contributed by atoms with Crippen molar-refractivity contribution in [3.8, 4) is 17.6 Å². The summed E-state index contributed by atoms with van der Waals surface area (Å²) in [5.41, 5.74) is 0.964. The third-order valence-electron chi connectivity index (χ3n) is 3.54. The first-order chi connectivity index (χ1) is 13.5. The van der Waals surface area contributed by atoms with Gasteiger partial charge in [0.1, 0.15) is 11.6 Å². The molecule has 2 aromatic rings. The summed E-state index contributed by atoms with van der Waals surface area (Å²) in [4.78, 5) is 12.4. The molecular weight excluding hydrogens is 399 g/mol. The quantitative estimate of drug-likeness (QED) is 0.438. The van der Waals surface area contributed by atoms with Gasteiger partial charge in [-0.05, 0) is 55.3 Å². The molecule has 7 heteroatoms. The fraction of sp³-hybridized carbons (Fsp3) is 0.238. The van der Waals surface area contributed by atoms with Crippen LogP contribution in [0.4, 0.5) is 5.69 Å². The summed E-state index contributed by atoms with van der Waals surface area (Å²) in [5.74, 6) is 0.358. The maximum atomic E-state index is 12.4. The van der Waals surface area contributed by atoms with Gasteiger partial charge in [0.05, 0.1) is 18.2 Å². The van der Waals surface area contributed by atoms with Gasteiger partial charge in [0.25, 0.3) is 5.91 Å². The van der Waals surface area contributed by atoms with Crippen LogP contribution in [0.15, 0.2) is 42.0 Å². The van der Waals surface area contributed by atoms with E-state index in [1.54, 1.807) is 36.4 Å². The largest absolute Gasteiger partial charge is 0.490 e. The molecule has 146 valence electrons. The van der Waals surface area contributed by atoms with Crippen LogP contribution in [0.2, 0.25) is 10.0 Å². The molecule has 0 saturated heterocycles. The summed E-state index contributed by atoms with van der Waals surface area (Å²) in [6.45, 7) is 4.76. The second-order valence-electron chi connectivity index (χ2n) is 5.75. The van der Waals surface area contributed by atoms with E-state index in [0.29, 0.717) is 46.0 Å². The number of rotatable bonds is 8. The van der Waals surface area contributed by atoms with Crippen LogP contribution in [-0.4, -0.2) is 19.1 Å². The second-order valence-corrected chi connectivity index (χ2v) is 6.59. The Hall–Kier alpha value is -2.68. The molecule has 0 aliphatic heterocycles. The average molecular weight is 419 g/mol. The molecule has 0 bridgehead atoms. The number of nitrogens with one attached hydrogen (secondary N) is 1. The van der Waals surface area contributed by atoms with Crippen LogP contribution >= 0.6 is 23.2 Å². The van der Waals surface area contributed by atoms with Crippen molar-refractivity contribution in [2.24, 2.45) is 0 Å². The predicted molar refractivity (Wildman–Crippen MR) is 112 cm³/mol. The lowest BCUT2D eigenvalue weighted by molar-refractivity contribution is -0.112. The number of nitrogens with zero attached hydrogens (tertiary/aromatic N) is 1. The maximum absolute atomic E-state index is 12.4. The van der Waals surface area contributed by atoms with Crippen LogP contribution in [0.1, 0.15) is 25.8 Å². The lowest BCUT2D eigenvalue weighted by Crippen LogP contribution is -2.13. The molecule has 1 N–H and O–H groups in total. The van der Waals surface area contributed by atoms with Gasteiger partial charge >= 0.3 is 0 Å². The van der Waals surface area contributed by atoms with E-state index in [2.05, 4.69) is 5.32 Å². The highest BCUT2D eigenvalue weighted by molar-refractivity contribution is 6.32. The molecule has 0 aromatic heterocycles. The third-order valence-corrected chi connectivity index (χ3v) is 4.06. The number of hydrogen-bond donors (Lipinski definition) is 1. The summed E-state index contributed by atoms with van der Waals surface area (Å²) in [7, 11) is 0. The van der Waals surface area contributed by atoms with Gasteiger partial charge in [-0.15, -0.1) is 0 Å². The summed E-state index contributed by atoms with van der Waals surface area (Å²) < 4.78 is 11.3. The van der Waals surface area contributed by atoms with Crippen LogP contribution in [0.25, 0.3) is 6.08 Å². The molecule has 2 rings (SSSR count). The van der Waals surface area contributed by atoms with Gasteiger partial charge in [0, 0.05) is 10.7 Å². The molecule has 0 fully saturated rings. The van der Waals surface area contributed by atoms with Gasteiger partial charge < -0.3 is 14.8 Å². The molecular formula is C21H20Cl2N2O3. The van der Waals surface area contributed by atoms with Crippen LogP contribution in [0.3, 0.4) is 0 Å². The molecule has 0 radical (unpaired) electrons. The van der Waals surface area contributed by atoms with Crippen molar-refractivity contribution in [1.29, 1.82) is 5.26 Å². The van der Waals surface area contributed by atoms with E-state index < -0.39 is 5.91 Å². The summed E-state index contributed by atoms with van der Waals surface area (Å²) >= 11 is 12.2. The number of hydrogen-bond acceptors (Lipinski definition) is 4. The zero-order valence-corrected chi connectivity index (χ0v) is 17.1. The van der Waals surface area contributed by atoms with Crippen molar-refractivity contribution in [3.05, 3.63) is 57.6 Å². The normalized spacial score (nSPS) is 10.9. The van der Waals surface area contributed by atoms with Crippen molar-refractivity contribution >= 4 is 40.9 Å². The number of anilines is 1. The van der Waals surface area contributed by atoms with Crippen molar-refractivity contribution in [2.75, 3.05) is 18.5 Å². The number of carbonyl (C=O) groups is 1. The Morgan fingerprint density at radius 2 is 2.00 bits per heavy atom. The zero-order valence-electron chi connectivity index (χ0n) is 15.6. The Bertz CT molecular complexity index is 920. The highest BCUT2D eigenvalue weighted by atomic mass is 35.5. The zero-order chi connectivity index (χ0) is 20.5. The topological polar surface area (TPSA) is 71.3 Å². The van der Waals surface area contributed by atoms with Crippen LogP contribution in [0, 0.1) is 11.3 Å². The fourth-order valence-corrected chi connectivity index (χ4v) is 2.82. The van der Waals surface area contributed by atoms with E-state index in [4.69, 9.17) is 32.7 Å². The summed E-state index contributed by atoms with van der Waals surface area (Å²) in [5, 5.41) is 12.9. The number of ether oxygens (including phenoxy) is 2. The fourth-order valence-electron chi connectivity index (χ4n) is 2.36. The minimum absolute atomic E-state index is 0.0827. The summed E-state index contributed by atoms with van der Waals surface area (Å²) in [6, 6.07) is 11.9. The maximum Gasteiger partial charge on any atom is 0.266 e. The van der Waals surface area contributed by atoms with Gasteiger partial charge in [-0.2, -0.15) is 5.26 Å². The minimum Gasteiger partial charge on any atom is -0.490 e. The Morgan fingerprint density at radius 1 is 1.21 bits per heavy atom. The van der Waals surface area contributed by atoms with Crippen LogP contribution < -0.4 is 14.8 Å². The highest BCUT2D eigenvalue weighted by Gasteiger charge is 2.14. The van der Waals surface area contributed by atoms with Crippen molar-refractivity contribution < 1.29 is 14.3 Å². The highest BCUT2D eigenvalue weighted by Crippen LogP contribution is 2.37. The first-order valence-corrected chi connectivity index (χ1v) is 9.51. The Morgan fingerprint density at radius 3 is 2.64 bits per heavy atom. The molecule has 0 heterocycles. The van der Waals surface area contributed by atoms with E-state index in [1.165, 1.54) is 6.08 Å². The van der Waals surface area contributed by atoms with Crippen molar-refractivity contribution in [3.63, 3.8) is 0 Å². The third kappa shape index (κ3) is 5.91. The van der Waals surface area contributed by atoms with E-state index in [9.17, 15) is 10.1 Å². The molecule has 5 nitrogen and oxygen atoms in total. The first-order valence-electron chi connectivity index (χ1n) is 8.76. The van der Waals surface area contributed by atoms with Crippen molar-refractivity contribution in [1.82, 2.24) is 0 Å².